The Morgan fingerprint density at radius 2 is 2.20 bits per heavy atom. The maximum atomic E-state index is 13.4. The van der Waals surface area contributed by atoms with Crippen molar-refractivity contribution in [3.05, 3.63) is 23.6 Å². The van der Waals surface area contributed by atoms with Gasteiger partial charge in [-0.05, 0) is 32.6 Å². The normalized spacial score (nSPS) is 22.8. The Labute approximate surface area is 121 Å². The summed E-state index contributed by atoms with van der Waals surface area (Å²) in [5, 5.41) is 3.26. The van der Waals surface area contributed by atoms with Crippen molar-refractivity contribution < 1.29 is 4.39 Å². The predicted molar refractivity (Wildman–Crippen MR) is 80.4 cm³/mol. The maximum Gasteiger partial charge on any atom is 0.141 e. The van der Waals surface area contributed by atoms with Gasteiger partial charge in [0.1, 0.15) is 11.6 Å². The van der Waals surface area contributed by atoms with Crippen LogP contribution in [0.25, 0.3) is 0 Å². The Kier molecular flexibility index (Phi) is 4.94. The second-order valence-corrected chi connectivity index (χ2v) is 5.83. The Balaban J connectivity index is 2.20. The lowest BCUT2D eigenvalue weighted by Gasteiger charge is -2.23. The van der Waals surface area contributed by atoms with Crippen LogP contribution in [-0.2, 0) is 6.54 Å². The zero-order valence-corrected chi connectivity index (χ0v) is 12.9. The van der Waals surface area contributed by atoms with Crippen molar-refractivity contribution in [1.82, 2.24) is 15.2 Å². The van der Waals surface area contributed by atoms with Crippen molar-refractivity contribution in [1.29, 1.82) is 0 Å². The molecular formula is C15H25FN4. The third-order valence-electron chi connectivity index (χ3n) is 4.01. The van der Waals surface area contributed by atoms with Crippen LogP contribution in [0.1, 0.15) is 19.4 Å². The van der Waals surface area contributed by atoms with E-state index in [2.05, 4.69) is 41.1 Å². The lowest BCUT2D eigenvalue weighted by molar-refractivity contribution is 0.266. The molecule has 1 aromatic rings. The number of hydrogen-bond acceptors (Lipinski definition) is 4. The molecular weight excluding hydrogens is 255 g/mol. The SMILES string of the molecule is CCNCc1cc(F)cnc1N1CC(C)C(N(C)C)C1. The van der Waals surface area contributed by atoms with E-state index in [1.165, 1.54) is 6.20 Å². The quantitative estimate of drug-likeness (QED) is 0.890. The molecule has 20 heavy (non-hydrogen) atoms. The molecule has 1 aromatic heterocycles. The molecule has 0 saturated carbocycles. The second-order valence-electron chi connectivity index (χ2n) is 5.83. The summed E-state index contributed by atoms with van der Waals surface area (Å²) in [6.45, 7) is 7.76. The number of aromatic nitrogens is 1. The van der Waals surface area contributed by atoms with E-state index in [4.69, 9.17) is 0 Å². The van der Waals surface area contributed by atoms with Crippen molar-refractivity contribution >= 4 is 5.82 Å². The first-order valence-electron chi connectivity index (χ1n) is 7.29. The number of pyridine rings is 1. The van der Waals surface area contributed by atoms with Gasteiger partial charge in [0.15, 0.2) is 0 Å². The van der Waals surface area contributed by atoms with Gasteiger partial charge >= 0.3 is 0 Å². The number of rotatable bonds is 5. The molecule has 4 nitrogen and oxygen atoms in total. The fourth-order valence-electron chi connectivity index (χ4n) is 2.94. The minimum Gasteiger partial charge on any atom is -0.354 e. The van der Waals surface area contributed by atoms with E-state index in [0.717, 1.165) is 31.0 Å². The number of nitrogens with zero attached hydrogens (tertiary/aromatic N) is 3. The van der Waals surface area contributed by atoms with E-state index in [0.29, 0.717) is 18.5 Å². The molecule has 1 aliphatic heterocycles. The summed E-state index contributed by atoms with van der Waals surface area (Å²) in [5.74, 6) is 1.24. The molecule has 2 unspecified atom stereocenters. The van der Waals surface area contributed by atoms with Gasteiger partial charge in [0.2, 0.25) is 0 Å². The molecule has 5 heteroatoms. The maximum absolute atomic E-state index is 13.4. The number of likely N-dealkylation sites (N-methyl/N-ethyl adjacent to an activating group) is 1. The second kappa shape index (κ2) is 6.50. The van der Waals surface area contributed by atoms with Crippen molar-refractivity contribution in [2.24, 2.45) is 5.92 Å². The first-order chi connectivity index (χ1) is 9.52. The molecule has 2 rings (SSSR count). The number of halogens is 1. The summed E-state index contributed by atoms with van der Waals surface area (Å²) in [7, 11) is 4.23. The summed E-state index contributed by atoms with van der Waals surface area (Å²) in [5.41, 5.74) is 0.943. The lowest BCUT2D eigenvalue weighted by Crippen LogP contribution is -2.34. The van der Waals surface area contributed by atoms with E-state index in [9.17, 15) is 4.39 Å². The van der Waals surface area contributed by atoms with Crippen LogP contribution in [0.3, 0.4) is 0 Å². The number of nitrogens with one attached hydrogen (secondary N) is 1. The average Bonchev–Trinajstić information content (AvgIpc) is 2.78. The van der Waals surface area contributed by atoms with Crippen LogP contribution in [0.15, 0.2) is 12.3 Å². The number of anilines is 1. The summed E-state index contributed by atoms with van der Waals surface area (Å²) in [6, 6.07) is 2.12. The molecule has 0 spiro atoms. The van der Waals surface area contributed by atoms with Crippen LogP contribution in [0.2, 0.25) is 0 Å². The summed E-state index contributed by atoms with van der Waals surface area (Å²) < 4.78 is 13.4. The van der Waals surface area contributed by atoms with Gasteiger partial charge in [0.25, 0.3) is 0 Å². The Morgan fingerprint density at radius 1 is 1.45 bits per heavy atom. The minimum absolute atomic E-state index is 0.266. The van der Waals surface area contributed by atoms with Gasteiger partial charge in [-0.2, -0.15) is 0 Å². The highest BCUT2D eigenvalue weighted by atomic mass is 19.1. The highest BCUT2D eigenvalue weighted by molar-refractivity contribution is 5.48. The minimum atomic E-state index is -0.266. The zero-order valence-electron chi connectivity index (χ0n) is 12.9. The van der Waals surface area contributed by atoms with Crippen molar-refractivity contribution in [3.8, 4) is 0 Å². The monoisotopic (exact) mass is 280 g/mol. The molecule has 0 aromatic carbocycles. The van der Waals surface area contributed by atoms with E-state index in [1.807, 2.05) is 6.92 Å². The Morgan fingerprint density at radius 3 is 2.80 bits per heavy atom. The summed E-state index contributed by atoms with van der Waals surface area (Å²) in [6.07, 6.45) is 1.32. The highest BCUT2D eigenvalue weighted by Crippen LogP contribution is 2.27. The average molecular weight is 280 g/mol. The van der Waals surface area contributed by atoms with E-state index in [-0.39, 0.29) is 5.82 Å². The van der Waals surface area contributed by atoms with Crippen molar-refractivity contribution in [2.75, 3.05) is 38.6 Å². The zero-order chi connectivity index (χ0) is 14.7. The largest absolute Gasteiger partial charge is 0.354 e. The molecule has 1 aliphatic rings. The van der Waals surface area contributed by atoms with Gasteiger partial charge in [-0.25, -0.2) is 9.37 Å². The smallest absolute Gasteiger partial charge is 0.141 e. The van der Waals surface area contributed by atoms with E-state index >= 15 is 0 Å². The number of hydrogen-bond donors (Lipinski definition) is 1. The Bertz CT molecular complexity index is 449. The fraction of sp³-hybridized carbons (Fsp3) is 0.667. The van der Waals surface area contributed by atoms with Crippen LogP contribution in [0, 0.1) is 11.7 Å². The highest BCUT2D eigenvalue weighted by Gasteiger charge is 2.32. The molecule has 1 fully saturated rings. The van der Waals surface area contributed by atoms with Crippen LogP contribution >= 0.6 is 0 Å². The summed E-state index contributed by atoms with van der Waals surface area (Å²) in [4.78, 5) is 8.88. The predicted octanol–water partition coefficient (Wildman–Crippen LogP) is 1.72. The fourth-order valence-corrected chi connectivity index (χ4v) is 2.94. The first-order valence-corrected chi connectivity index (χ1v) is 7.29. The standard InChI is InChI=1S/C15H25FN4/c1-5-17-7-12-6-13(16)8-18-15(12)20-9-11(2)14(10-20)19(3)4/h6,8,11,14,17H,5,7,9-10H2,1-4H3. The van der Waals surface area contributed by atoms with Crippen LogP contribution in [0.5, 0.6) is 0 Å². The molecule has 112 valence electrons. The van der Waals surface area contributed by atoms with Gasteiger partial charge in [-0.15, -0.1) is 0 Å². The molecule has 0 aliphatic carbocycles. The van der Waals surface area contributed by atoms with Gasteiger partial charge in [-0.1, -0.05) is 13.8 Å². The van der Waals surface area contributed by atoms with E-state index < -0.39 is 0 Å². The Hall–Kier alpha value is -1.20. The molecule has 1 saturated heterocycles. The molecule has 0 bridgehead atoms. The van der Waals surface area contributed by atoms with Gasteiger partial charge in [0, 0.05) is 31.2 Å². The van der Waals surface area contributed by atoms with Crippen LogP contribution < -0.4 is 10.2 Å². The van der Waals surface area contributed by atoms with Gasteiger partial charge in [0.05, 0.1) is 6.20 Å². The lowest BCUT2D eigenvalue weighted by atomic mass is 10.1. The summed E-state index contributed by atoms with van der Waals surface area (Å²) >= 11 is 0. The third kappa shape index (κ3) is 3.27. The van der Waals surface area contributed by atoms with Gasteiger partial charge < -0.3 is 15.1 Å². The van der Waals surface area contributed by atoms with Gasteiger partial charge in [-0.3, -0.25) is 0 Å². The van der Waals surface area contributed by atoms with Crippen molar-refractivity contribution in [3.63, 3.8) is 0 Å². The van der Waals surface area contributed by atoms with Crippen LogP contribution in [0.4, 0.5) is 10.2 Å². The molecule has 2 atom stereocenters. The third-order valence-corrected chi connectivity index (χ3v) is 4.01. The molecule has 1 N–H and O–H groups in total. The topological polar surface area (TPSA) is 31.4 Å². The van der Waals surface area contributed by atoms with Crippen LogP contribution in [-0.4, -0.2) is 49.7 Å². The van der Waals surface area contributed by atoms with Crippen molar-refractivity contribution in [2.45, 2.75) is 26.4 Å². The molecule has 0 radical (unpaired) electrons. The van der Waals surface area contributed by atoms with E-state index in [1.54, 1.807) is 6.07 Å². The molecule has 2 heterocycles. The first kappa shape index (κ1) is 15.2. The molecule has 0 amide bonds.